The van der Waals surface area contributed by atoms with Crippen LogP contribution < -0.4 is 0 Å². The minimum Gasteiger partial charge on any atom is -0.454 e. The minimum absolute atomic E-state index is 0.557. The third kappa shape index (κ3) is 2.03. The Morgan fingerprint density at radius 2 is 1.84 bits per heavy atom. The van der Waals surface area contributed by atoms with Crippen molar-refractivity contribution in [1.82, 2.24) is 0 Å². The van der Waals surface area contributed by atoms with Gasteiger partial charge in [0.2, 0.25) is 0 Å². The van der Waals surface area contributed by atoms with E-state index >= 15 is 0 Å². The first kappa shape index (κ1) is 12.3. The van der Waals surface area contributed by atoms with Gasteiger partial charge in [-0.2, -0.15) is 0 Å². The molecule has 2 aliphatic heterocycles. The van der Waals surface area contributed by atoms with Crippen molar-refractivity contribution in [3.8, 4) is 0 Å². The van der Waals surface area contributed by atoms with Crippen LogP contribution in [0, 0.1) is 0 Å². The standard InChI is InChI=1S/C13H12O6/c14-6-8-10-11(9(15)12(16)18-10)19-13(17-8)7-4-2-1-3-5-7/h1-6,8-11,13,15H/t8-,9-,10+,11+,13-/m1/s1. The van der Waals surface area contributed by atoms with Crippen molar-refractivity contribution >= 4 is 12.3 Å². The first-order valence-corrected chi connectivity index (χ1v) is 5.90. The lowest BCUT2D eigenvalue weighted by Gasteiger charge is -2.35. The Hall–Kier alpha value is -1.76. The van der Waals surface area contributed by atoms with Crippen LogP contribution in [0.5, 0.6) is 0 Å². The average molecular weight is 264 g/mol. The molecule has 0 aromatic heterocycles. The number of hydrogen-bond acceptors (Lipinski definition) is 6. The maximum atomic E-state index is 11.3. The third-order valence-corrected chi connectivity index (χ3v) is 3.22. The Balaban J connectivity index is 1.87. The predicted octanol–water partition coefficient (Wildman–Crippen LogP) is -0.0456. The van der Waals surface area contributed by atoms with Gasteiger partial charge < -0.3 is 24.1 Å². The van der Waals surface area contributed by atoms with Crippen LogP contribution in [0.2, 0.25) is 0 Å². The zero-order valence-corrected chi connectivity index (χ0v) is 9.84. The molecule has 1 aromatic rings. The van der Waals surface area contributed by atoms with E-state index < -0.39 is 36.7 Å². The molecule has 6 nitrogen and oxygen atoms in total. The Morgan fingerprint density at radius 1 is 1.11 bits per heavy atom. The lowest BCUT2D eigenvalue weighted by Crippen LogP contribution is -2.49. The molecular formula is C13H12O6. The first-order chi connectivity index (χ1) is 9.20. The van der Waals surface area contributed by atoms with Gasteiger partial charge in [-0.15, -0.1) is 0 Å². The van der Waals surface area contributed by atoms with Crippen LogP contribution in [0.3, 0.4) is 0 Å². The fourth-order valence-corrected chi connectivity index (χ4v) is 2.26. The monoisotopic (exact) mass is 264 g/mol. The number of ether oxygens (including phenoxy) is 3. The van der Waals surface area contributed by atoms with Gasteiger partial charge in [-0.3, -0.25) is 0 Å². The quantitative estimate of drug-likeness (QED) is 0.596. The molecular weight excluding hydrogens is 252 g/mol. The molecule has 0 unspecified atom stereocenters. The molecule has 2 fully saturated rings. The first-order valence-electron chi connectivity index (χ1n) is 5.90. The van der Waals surface area contributed by atoms with Gasteiger partial charge in [0, 0.05) is 5.56 Å². The summed E-state index contributed by atoms with van der Waals surface area (Å²) in [5, 5.41) is 9.70. The molecule has 0 radical (unpaired) electrons. The molecule has 0 bridgehead atoms. The maximum absolute atomic E-state index is 11.3. The summed E-state index contributed by atoms with van der Waals surface area (Å²) in [5.41, 5.74) is 0.708. The van der Waals surface area contributed by atoms with E-state index in [1.807, 2.05) is 6.07 Å². The number of aliphatic hydroxyl groups excluding tert-OH is 1. The molecule has 19 heavy (non-hydrogen) atoms. The number of fused-ring (bicyclic) bond motifs is 1. The van der Waals surface area contributed by atoms with Crippen LogP contribution in [0.1, 0.15) is 11.9 Å². The topological polar surface area (TPSA) is 82.1 Å². The van der Waals surface area contributed by atoms with Crippen molar-refractivity contribution in [3.05, 3.63) is 35.9 Å². The van der Waals surface area contributed by atoms with E-state index in [9.17, 15) is 14.7 Å². The van der Waals surface area contributed by atoms with Gasteiger partial charge in [0.05, 0.1) is 0 Å². The molecule has 1 N–H and O–H groups in total. The van der Waals surface area contributed by atoms with E-state index in [2.05, 4.69) is 0 Å². The van der Waals surface area contributed by atoms with Gasteiger partial charge in [0.25, 0.3) is 0 Å². The molecule has 0 saturated carbocycles. The zero-order chi connectivity index (χ0) is 13.4. The highest BCUT2D eigenvalue weighted by Gasteiger charge is 2.53. The fraction of sp³-hybridized carbons (Fsp3) is 0.385. The van der Waals surface area contributed by atoms with Gasteiger partial charge >= 0.3 is 5.97 Å². The Labute approximate surface area is 108 Å². The highest BCUT2D eigenvalue weighted by atomic mass is 16.7. The molecule has 0 amide bonds. The highest BCUT2D eigenvalue weighted by molar-refractivity contribution is 5.79. The minimum atomic E-state index is -1.39. The number of esters is 1. The van der Waals surface area contributed by atoms with Crippen LogP contribution in [0.15, 0.2) is 30.3 Å². The number of benzene rings is 1. The van der Waals surface area contributed by atoms with Crippen molar-refractivity contribution in [2.45, 2.75) is 30.7 Å². The molecule has 100 valence electrons. The van der Waals surface area contributed by atoms with Crippen molar-refractivity contribution in [3.63, 3.8) is 0 Å². The number of rotatable bonds is 2. The molecule has 2 saturated heterocycles. The average Bonchev–Trinajstić information content (AvgIpc) is 2.75. The summed E-state index contributed by atoms with van der Waals surface area (Å²) in [6.07, 6.45) is -4.35. The van der Waals surface area contributed by atoms with Gasteiger partial charge in [-0.05, 0) is 0 Å². The largest absolute Gasteiger partial charge is 0.454 e. The number of carbonyl (C=O) groups is 2. The summed E-state index contributed by atoms with van der Waals surface area (Å²) in [6, 6.07) is 8.99. The van der Waals surface area contributed by atoms with E-state index in [4.69, 9.17) is 14.2 Å². The van der Waals surface area contributed by atoms with Gasteiger partial charge in [-0.1, -0.05) is 30.3 Å². The SMILES string of the molecule is O=C[C@H]1O[C@@H](c2ccccc2)O[C@@H]2[C@H]1OC(=O)[C@@H]2O. The molecule has 5 atom stereocenters. The third-order valence-electron chi connectivity index (χ3n) is 3.22. The number of hydrogen-bond donors (Lipinski definition) is 1. The van der Waals surface area contributed by atoms with Crippen molar-refractivity contribution < 1.29 is 28.9 Å². The van der Waals surface area contributed by atoms with Crippen LogP contribution >= 0.6 is 0 Å². The predicted molar refractivity (Wildman–Crippen MR) is 60.9 cm³/mol. The van der Waals surface area contributed by atoms with E-state index in [0.29, 0.717) is 11.8 Å². The van der Waals surface area contributed by atoms with Crippen molar-refractivity contribution in [2.75, 3.05) is 0 Å². The molecule has 0 spiro atoms. The lowest BCUT2D eigenvalue weighted by atomic mass is 10.0. The fourth-order valence-electron chi connectivity index (χ4n) is 2.26. The summed E-state index contributed by atoms with van der Waals surface area (Å²) in [4.78, 5) is 22.4. The second kappa shape index (κ2) is 4.73. The smallest absolute Gasteiger partial charge is 0.338 e. The molecule has 0 aliphatic carbocycles. The zero-order valence-electron chi connectivity index (χ0n) is 9.84. The van der Waals surface area contributed by atoms with Gasteiger partial charge in [0.15, 0.2) is 30.9 Å². The second-order valence-corrected chi connectivity index (χ2v) is 4.43. The second-order valence-electron chi connectivity index (χ2n) is 4.43. The maximum Gasteiger partial charge on any atom is 0.338 e. The molecule has 3 rings (SSSR count). The summed E-state index contributed by atoms with van der Waals surface area (Å²) in [5.74, 6) is -0.792. The van der Waals surface area contributed by atoms with Crippen LogP contribution in [-0.2, 0) is 23.8 Å². The van der Waals surface area contributed by atoms with E-state index in [0.717, 1.165) is 0 Å². The van der Waals surface area contributed by atoms with Crippen molar-refractivity contribution in [1.29, 1.82) is 0 Å². The summed E-state index contributed by atoms with van der Waals surface area (Å²) >= 11 is 0. The number of carbonyl (C=O) groups excluding carboxylic acids is 2. The number of aliphatic hydroxyl groups is 1. The van der Waals surface area contributed by atoms with E-state index in [-0.39, 0.29) is 0 Å². The van der Waals surface area contributed by atoms with Crippen LogP contribution in [-0.4, -0.2) is 41.8 Å². The van der Waals surface area contributed by atoms with Crippen LogP contribution in [0.4, 0.5) is 0 Å². The summed E-state index contributed by atoms with van der Waals surface area (Å²) in [7, 11) is 0. The van der Waals surface area contributed by atoms with Crippen molar-refractivity contribution in [2.24, 2.45) is 0 Å². The van der Waals surface area contributed by atoms with Gasteiger partial charge in [0.1, 0.15) is 6.10 Å². The Bertz CT molecular complexity index is 487. The Kier molecular flexibility index (Phi) is 3.06. The molecule has 1 aromatic carbocycles. The van der Waals surface area contributed by atoms with E-state index in [1.54, 1.807) is 24.3 Å². The Morgan fingerprint density at radius 3 is 2.53 bits per heavy atom. The van der Waals surface area contributed by atoms with Gasteiger partial charge in [-0.25, -0.2) is 4.79 Å². The van der Waals surface area contributed by atoms with Crippen LogP contribution in [0.25, 0.3) is 0 Å². The molecule has 6 heteroatoms. The highest BCUT2D eigenvalue weighted by Crippen LogP contribution is 2.35. The van der Waals surface area contributed by atoms with E-state index in [1.165, 1.54) is 0 Å². The normalized spacial score (nSPS) is 37.5. The number of aldehydes is 1. The molecule has 2 heterocycles. The lowest BCUT2D eigenvalue weighted by molar-refractivity contribution is -0.273. The molecule has 2 aliphatic rings. The summed E-state index contributed by atoms with van der Waals surface area (Å²) in [6.45, 7) is 0. The summed E-state index contributed by atoms with van der Waals surface area (Å²) < 4.78 is 15.9.